The smallest absolute Gasteiger partial charge is 0.206 e. The first-order chi connectivity index (χ1) is 10.3. The van der Waals surface area contributed by atoms with E-state index < -0.39 is 0 Å². The van der Waals surface area contributed by atoms with Crippen LogP contribution in [0, 0.1) is 11.5 Å². The maximum absolute atomic E-state index is 9.33. The van der Waals surface area contributed by atoms with Crippen molar-refractivity contribution in [1.29, 1.82) is 5.26 Å². The lowest BCUT2D eigenvalue weighted by Gasteiger charge is -2.25. The molecule has 0 bridgehead atoms. The van der Waals surface area contributed by atoms with Crippen LogP contribution < -0.4 is 0 Å². The molecule has 21 heavy (non-hydrogen) atoms. The molecule has 0 spiro atoms. The Morgan fingerprint density at radius 2 is 2.10 bits per heavy atom. The molecule has 0 saturated carbocycles. The van der Waals surface area contributed by atoms with Crippen molar-refractivity contribution in [2.24, 2.45) is 0 Å². The maximum atomic E-state index is 9.33. The SMILES string of the molecule is CCCCON(C#N)C1C=CC=CC1=Cc1ccccc1. The topological polar surface area (TPSA) is 36.3 Å². The summed E-state index contributed by atoms with van der Waals surface area (Å²) in [5.41, 5.74) is 2.16. The third kappa shape index (κ3) is 4.34. The molecule has 0 heterocycles. The standard InChI is InChI=1S/C18H20N2O/c1-2-3-13-21-20(15-19)18-12-8-7-11-17(18)14-16-9-5-4-6-10-16/h4-12,14,18H,2-3,13H2,1H3. The number of hydroxylamine groups is 2. The Labute approximate surface area is 126 Å². The van der Waals surface area contributed by atoms with Crippen molar-refractivity contribution in [3.63, 3.8) is 0 Å². The Hall–Kier alpha value is -2.31. The molecule has 0 aromatic heterocycles. The van der Waals surface area contributed by atoms with Gasteiger partial charge in [0.15, 0.2) is 0 Å². The Balaban J connectivity index is 2.16. The van der Waals surface area contributed by atoms with Crippen molar-refractivity contribution < 1.29 is 4.84 Å². The minimum absolute atomic E-state index is 0.169. The summed E-state index contributed by atoms with van der Waals surface area (Å²) in [6, 6.07) is 9.92. The lowest BCUT2D eigenvalue weighted by molar-refractivity contribution is -0.123. The number of hydrogen-bond acceptors (Lipinski definition) is 3. The first-order valence-electron chi connectivity index (χ1n) is 7.28. The average molecular weight is 280 g/mol. The second kappa shape index (κ2) is 8.08. The van der Waals surface area contributed by atoms with Crippen LogP contribution >= 0.6 is 0 Å². The fourth-order valence-corrected chi connectivity index (χ4v) is 2.11. The highest BCUT2D eigenvalue weighted by Crippen LogP contribution is 2.21. The molecular weight excluding hydrogens is 260 g/mol. The lowest BCUT2D eigenvalue weighted by Crippen LogP contribution is -2.32. The number of benzene rings is 1. The fraction of sp³-hybridized carbons (Fsp3) is 0.278. The minimum atomic E-state index is -0.169. The molecule has 1 aromatic rings. The van der Waals surface area contributed by atoms with E-state index in [0.717, 1.165) is 24.0 Å². The molecule has 1 atom stereocenters. The third-order valence-electron chi connectivity index (χ3n) is 3.25. The van der Waals surface area contributed by atoms with Crippen molar-refractivity contribution in [2.75, 3.05) is 6.61 Å². The van der Waals surface area contributed by atoms with E-state index >= 15 is 0 Å². The van der Waals surface area contributed by atoms with E-state index in [-0.39, 0.29) is 6.04 Å². The second-order valence-electron chi connectivity index (χ2n) is 4.86. The van der Waals surface area contributed by atoms with Crippen molar-refractivity contribution in [2.45, 2.75) is 25.8 Å². The van der Waals surface area contributed by atoms with Gasteiger partial charge >= 0.3 is 0 Å². The van der Waals surface area contributed by atoms with Crippen LogP contribution in [0.25, 0.3) is 6.08 Å². The molecule has 3 heteroatoms. The molecule has 1 unspecified atom stereocenters. The van der Waals surface area contributed by atoms with Crippen LogP contribution in [0.5, 0.6) is 0 Å². The molecule has 0 N–H and O–H groups in total. The predicted octanol–water partition coefficient (Wildman–Crippen LogP) is 4.08. The number of unbranched alkanes of at least 4 members (excludes halogenated alkanes) is 1. The summed E-state index contributed by atoms with van der Waals surface area (Å²) in [5, 5.41) is 10.7. The molecule has 1 aromatic carbocycles. The number of nitriles is 1. The van der Waals surface area contributed by atoms with Crippen molar-refractivity contribution in [3.8, 4) is 6.19 Å². The van der Waals surface area contributed by atoms with Gasteiger partial charge in [0.25, 0.3) is 0 Å². The minimum Gasteiger partial charge on any atom is -0.263 e. The summed E-state index contributed by atoms with van der Waals surface area (Å²) < 4.78 is 0. The highest BCUT2D eigenvalue weighted by Gasteiger charge is 2.20. The fourth-order valence-electron chi connectivity index (χ4n) is 2.11. The van der Waals surface area contributed by atoms with Crippen molar-refractivity contribution >= 4 is 6.08 Å². The quantitative estimate of drug-likeness (QED) is 0.341. The largest absolute Gasteiger partial charge is 0.263 e. The molecule has 1 aliphatic carbocycles. The van der Waals surface area contributed by atoms with E-state index in [0.29, 0.717) is 6.61 Å². The van der Waals surface area contributed by atoms with Crippen LogP contribution in [-0.4, -0.2) is 17.7 Å². The van der Waals surface area contributed by atoms with Gasteiger partial charge in [-0.1, -0.05) is 68.0 Å². The highest BCUT2D eigenvalue weighted by atomic mass is 16.7. The molecule has 2 rings (SSSR count). The molecule has 108 valence electrons. The number of nitrogens with zero attached hydrogens (tertiary/aromatic N) is 2. The van der Waals surface area contributed by atoms with Crippen LogP contribution in [0.4, 0.5) is 0 Å². The van der Waals surface area contributed by atoms with Gasteiger partial charge in [0.2, 0.25) is 6.19 Å². The summed E-state index contributed by atoms with van der Waals surface area (Å²) in [5.74, 6) is 0. The van der Waals surface area contributed by atoms with Crippen LogP contribution in [0.2, 0.25) is 0 Å². The second-order valence-corrected chi connectivity index (χ2v) is 4.86. The third-order valence-corrected chi connectivity index (χ3v) is 3.25. The number of allylic oxidation sites excluding steroid dienone is 2. The predicted molar refractivity (Wildman–Crippen MR) is 84.8 cm³/mol. The molecule has 0 saturated heterocycles. The van der Waals surface area contributed by atoms with Crippen LogP contribution in [0.3, 0.4) is 0 Å². The molecule has 3 nitrogen and oxygen atoms in total. The van der Waals surface area contributed by atoms with Crippen LogP contribution in [0.1, 0.15) is 25.3 Å². The van der Waals surface area contributed by atoms with E-state index in [9.17, 15) is 5.26 Å². The first kappa shape index (κ1) is 15.1. The van der Waals surface area contributed by atoms with E-state index in [2.05, 4.69) is 19.2 Å². The summed E-state index contributed by atoms with van der Waals surface area (Å²) >= 11 is 0. The van der Waals surface area contributed by atoms with E-state index in [1.54, 1.807) is 0 Å². The van der Waals surface area contributed by atoms with Crippen molar-refractivity contribution in [1.82, 2.24) is 5.06 Å². The zero-order valence-corrected chi connectivity index (χ0v) is 12.3. The zero-order valence-electron chi connectivity index (χ0n) is 12.3. The van der Waals surface area contributed by atoms with Gasteiger partial charge in [-0.2, -0.15) is 10.3 Å². The number of hydrogen-bond donors (Lipinski definition) is 0. The zero-order chi connectivity index (χ0) is 14.9. The van der Waals surface area contributed by atoms with Gasteiger partial charge in [-0.05, 0) is 23.6 Å². The van der Waals surface area contributed by atoms with Gasteiger partial charge < -0.3 is 0 Å². The molecule has 1 aliphatic rings. The average Bonchev–Trinajstić information content (AvgIpc) is 2.54. The van der Waals surface area contributed by atoms with Gasteiger partial charge in [0.1, 0.15) is 6.04 Å². The Morgan fingerprint density at radius 3 is 2.81 bits per heavy atom. The van der Waals surface area contributed by atoms with Crippen LogP contribution in [-0.2, 0) is 4.84 Å². The van der Waals surface area contributed by atoms with Gasteiger partial charge in [-0.3, -0.25) is 4.84 Å². The highest BCUT2D eigenvalue weighted by molar-refractivity contribution is 5.59. The van der Waals surface area contributed by atoms with Crippen molar-refractivity contribution in [3.05, 3.63) is 65.8 Å². The van der Waals surface area contributed by atoms with E-state index in [1.807, 2.05) is 54.6 Å². The molecule has 0 amide bonds. The van der Waals surface area contributed by atoms with Gasteiger partial charge in [-0.25, -0.2) is 0 Å². The van der Waals surface area contributed by atoms with E-state index in [4.69, 9.17) is 4.84 Å². The monoisotopic (exact) mass is 280 g/mol. The van der Waals surface area contributed by atoms with Gasteiger partial charge in [0.05, 0.1) is 6.61 Å². The summed E-state index contributed by atoms with van der Waals surface area (Å²) in [6.45, 7) is 2.67. The summed E-state index contributed by atoms with van der Waals surface area (Å²) in [7, 11) is 0. The first-order valence-corrected chi connectivity index (χ1v) is 7.28. The number of rotatable bonds is 6. The van der Waals surface area contributed by atoms with E-state index in [1.165, 1.54) is 5.06 Å². The molecule has 0 radical (unpaired) electrons. The summed E-state index contributed by atoms with van der Waals surface area (Å²) in [4.78, 5) is 5.59. The maximum Gasteiger partial charge on any atom is 0.206 e. The van der Waals surface area contributed by atoms with Crippen LogP contribution in [0.15, 0.2) is 60.2 Å². The molecular formula is C18H20N2O. The summed E-state index contributed by atoms with van der Waals surface area (Å²) in [6.07, 6.45) is 14.1. The molecule has 0 fully saturated rings. The normalized spacial score (nSPS) is 18.7. The Kier molecular flexibility index (Phi) is 5.81. The van der Waals surface area contributed by atoms with Gasteiger partial charge in [-0.15, -0.1) is 0 Å². The Morgan fingerprint density at radius 1 is 1.29 bits per heavy atom. The lowest BCUT2D eigenvalue weighted by atomic mass is 9.99. The molecule has 0 aliphatic heterocycles. The Bertz CT molecular complexity index is 567. The van der Waals surface area contributed by atoms with Gasteiger partial charge in [0, 0.05) is 0 Å².